The molecule has 0 aliphatic heterocycles. The zero-order chi connectivity index (χ0) is 24.6. The van der Waals surface area contributed by atoms with Crippen LogP contribution in [0.3, 0.4) is 0 Å². The second-order valence-corrected chi connectivity index (χ2v) is 16.6. The smallest absolute Gasteiger partial charge is 0.0894 e. The van der Waals surface area contributed by atoms with Crippen molar-refractivity contribution in [3.63, 3.8) is 0 Å². The van der Waals surface area contributed by atoms with Gasteiger partial charge >= 0.3 is 0 Å². The highest BCUT2D eigenvalue weighted by Crippen LogP contribution is 2.74. The molecule has 0 saturated heterocycles. The zero-order valence-corrected chi connectivity index (χ0v) is 22.5. The fraction of sp³-hybridized carbons (Fsp3) is 0.276. The molecule has 0 fully saturated rings. The number of hydrogen-bond acceptors (Lipinski definition) is 4. The molecule has 0 saturated carbocycles. The van der Waals surface area contributed by atoms with Gasteiger partial charge in [-0.3, -0.25) is 9.97 Å². The SMILES string of the molecule is CC(C)(C)[P+]([S-])(c1cccc(-c2ccc(-c3cccc(-c4ccccn4)n3)nc2)c1)C(C)(C)C. The molecule has 0 atom stereocenters. The minimum absolute atomic E-state index is 0.0333. The lowest BCUT2D eigenvalue weighted by molar-refractivity contribution is 0.710. The summed E-state index contributed by atoms with van der Waals surface area (Å²) in [7, 11) is 0. The summed E-state index contributed by atoms with van der Waals surface area (Å²) >= 11 is 6.47. The van der Waals surface area contributed by atoms with Gasteiger partial charge in [0.1, 0.15) is 0 Å². The normalized spacial score (nSPS) is 12.6. The lowest BCUT2D eigenvalue weighted by Crippen LogP contribution is -2.38. The van der Waals surface area contributed by atoms with Crippen molar-refractivity contribution in [3.8, 4) is 33.9 Å². The van der Waals surface area contributed by atoms with Crippen LogP contribution < -0.4 is 5.30 Å². The van der Waals surface area contributed by atoms with Gasteiger partial charge in [-0.05, 0) is 89.6 Å². The number of aromatic nitrogens is 3. The first-order valence-corrected chi connectivity index (χ1v) is 14.4. The molecule has 3 aromatic heterocycles. The monoisotopic (exact) mass is 485 g/mol. The molecule has 174 valence electrons. The molecule has 4 aromatic rings. The number of nitrogens with zero attached hydrogens (tertiary/aromatic N) is 3. The van der Waals surface area contributed by atoms with Crippen molar-refractivity contribution >= 4 is 24.0 Å². The first-order valence-electron chi connectivity index (χ1n) is 11.6. The highest BCUT2D eigenvalue weighted by atomic mass is 32.7. The summed E-state index contributed by atoms with van der Waals surface area (Å²) in [4.78, 5) is 13.9. The van der Waals surface area contributed by atoms with Gasteiger partial charge in [-0.15, -0.1) is 0 Å². The van der Waals surface area contributed by atoms with Gasteiger partial charge in [-0.2, -0.15) is 0 Å². The highest BCUT2D eigenvalue weighted by molar-refractivity contribution is 8.46. The fourth-order valence-electron chi connectivity index (χ4n) is 4.61. The van der Waals surface area contributed by atoms with Gasteiger partial charge in [0.05, 0.1) is 38.4 Å². The number of benzene rings is 1. The topological polar surface area (TPSA) is 38.7 Å². The molecule has 1 aromatic carbocycles. The third kappa shape index (κ3) is 4.67. The van der Waals surface area contributed by atoms with Crippen LogP contribution in [0.5, 0.6) is 0 Å². The molecule has 0 spiro atoms. The molecule has 0 unspecified atom stereocenters. The van der Waals surface area contributed by atoms with Gasteiger partial charge < -0.3 is 12.2 Å². The van der Waals surface area contributed by atoms with Gasteiger partial charge in [-0.1, -0.05) is 36.8 Å². The Kier molecular flexibility index (Phi) is 6.68. The van der Waals surface area contributed by atoms with Crippen LogP contribution in [0.15, 0.2) is 85.2 Å². The molecule has 0 N–H and O–H groups in total. The minimum atomic E-state index is -1.88. The van der Waals surface area contributed by atoms with Crippen molar-refractivity contribution in [1.82, 2.24) is 15.0 Å². The van der Waals surface area contributed by atoms with E-state index in [0.29, 0.717) is 0 Å². The van der Waals surface area contributed by atoms with Gasteiger partial charge in [0.2, 0.25) is 0 Å². The Hall–Kier alpha value is -2.55. The maximum Gasteiger partial charge on any atom is 0.0894 e. The summed E-state index contributed by atoms with van der Waals surface area (Å²) < 4.78 is 0. The van der Waals surface area contributed by atoms with Crippen LogP contribution in [0, 0.1) is 0 Å². The molecular weight excluding hydrogens is 453 g/mol. The van der Waals surface area contributed by atoms with Gasteiger partial charge in [-0.25, -0.2) is 4.98 Å². The van der Waals surface area contributed by atoms with E-state index < -0.39 is 6.46 Å². The summed E-state index contributed by atoms with van der Waals surface area (Å²) in [5, 5.41) is 1.35. The molecule has 0 bridgehead atoms. The van der Waals surface area contributed by atoms with Gasteiger partial charge in [0.15, 0.2) is 0 Å². The van der Waals surface area contributed by atoms with Crippen LogP contribution in [0.2, 0.25) is 0 Å². The summed E-state index contributed by atoms with van der Waals surface area (Å²) in [6, 6.07) is 24.7. The Balaban J connectivity index is 1.68. The average Bonchev–Trinajstić information content (AvgIpc) is 2.83. The lowest BCUT2D eigenvalue weighted by atomic mass is 10.1. The fourth-order valence-corrected chi connectivity index (χ4v) is 9.13. The van der Waals surface area contributed by atoms with E-state index >= 15 is 0 Å². The zero-order valence-electron chi connectivity index (χ0n) is 20.8. The quantitative estimate of drug-likeness (QED) is 0.221. The first kappa shape index (κ1) is 24.6. The predicted molar refractivity (Wildman–Crippen MR) is 150 cm³/mol. The molecule has 0 aliphatic rings. The molecule has 0 aliphatic carbocycles. The van der Waals surface area contributed by atoms with E-state index in [1.54, 1.807) is 6.20 Å². The molecule has 4 rings (SSSR count). The average molecular weight is 486 g/mol. The number of rotatable bonds is 4. The van der Waals surface area contributed by atoms with Crippen molar-refractivity contribution in [2.75, 3.05) is 0 Å². The predicted octanol–water partition coefficient (Wildman–Crippen LogP) is 7.57. The van der Waals surface area contributed by atoms with Crippen molar-refractivity contribution < 1.29 is 0 Å². The summed E-state index contributed by atoms with van der Waals surface area (Å²) in [6.45, 7) is 11.8. The highest BCUT2D eigenvalue weighted by Gasteiger charge is 2.48. The Bertz CT molecular complexity index is 1260. The number of pyridine rings is 3. The number of hydrogen-bond donors (Lipinski definition) is 0. The third-order valence-electron chi connectivity index (χ3n) is 6.13. The van der Waals surface area contributed by atoms with Gasteiger partial charge in [0, 0.05) is 18.0 Å². The van der Waals surface area contributed by atoms with E-state index in [1.807, 2.05) is 48.7 Å². The third-order valence-corrected chi connectivity index (χ3v) is 14.8. The van der Waals surface area contributed by atoms with Crippen LogP contribution >= 0.6 is 6.46 Å². The van der Waals surface area contributed by atoms with Crippen molar-refractivity contribution in [2.24, 2.45) is 0 Å². The summed E-state index contributed by atoms with van der Waals surface area (Å²) in [5.41, 5.74) is 5.59. The summed E-state index contributed by atoms with van der Waals surface area (Å²) in [6.07, 6.45) is 3.71. The molecule has 3 nitrogen and oxygen atoms in total. The van der Waals surface area contributed by atoms with E-state index in [4.69, 9.17) is 22.2 Å². The second kappa shape index (κ2) is 9.24. The first-order chi connectivity index (χ1) is 16.0. The van der Waals surface area contributed by atoms with E-state index in [2.05, 4.69) is 76.9 Å². The van der Waals surface area contributed by atoms with Crippen molar-refractivity contribution in [3.05, 3.63) is 85.2 Å². The molecule has 34 heavy (non-hydrogen) atoms. The van der Waals surface area contributed by atoms with E-state index in [0.717, 1.165) is 33.9 Å². The molecule has 3 heterocycles. The van der Waals surface area contributed by atoms with E-state index in [-0.39, 0.29) is 10.3 Å². The van der Waals surface area contributed by atoms with E-state index in [1.165, 1.54) is 5.30 Å². The van der Waals surface area contributed by atoms with E-state index in [9.17, 15) is 0 Å². The van der Waals surface area contributed by atoms with Crippen molar-refractivity contribution in [1.29, 1.82) is 0 Å². The molecule has 0 radical (unpaired) electrons. The molecular formula is C29H32N3PS. The maximum atomic E-state index is 6.47. The van der Waals surface area contributed by atoms with Crippen molar-refractivity contribution in [2.45, 2.75) is 51.9 Å². The second-order valence-electron chi connectivity index (χ2n) is 10.6. The maximum absolute atomic E-state index is 6.47. The van der Waals surface area contributed by atoms with Crippen LogP contribution in [-0.2, 0) is 12.2 Å². The minimum Gasteiger partial charge on any atom is -0.550 e. The van der Waals surface area contributed by atoms with Gasteiger partial charge in [0.25, 0.3) is 0 Å². The van der Waals surface area contributed by atoms with Crippen LogP contribution in [0.1, 0.15) is 41.5 Å². The summed E-state index contributed by atoms with van der Waals surface area (Å²) in [5.74, 6) is 0. The lowest BCUT2D eigenvalue weighted by Gasteiger charge is -2.52. The van der Waals surface area contributed by atoms with Crippen LogP contribution in [0.4, 0.5) is 0 Å². The molecule has 5 heteroatoms. The standard InChI is InChI=1S/C29H32N3PS/c1-28(2,3)33(34,29(4,5)6)23-12-9-11-21(19-23)22-16-17-25(31-20-22)27-15-10-14-26(32-27)24-13-7-8-18-30-24/h7-20H,1-6H3. The van der Waals surface area contributed by atoms with Crippen LogP contribution in [-0.4, -0.2) is 25.3 Å². The Morgan fingerprint density at radius 1 is 0.618 bits per heavy atom. The Labute approximate surface area is 209 Å². The van der Waals surface area contributed by atoms with Crippen LogP contribution in [0.25, 0.3) is 33.9 Å². The largest absolute Gasteiger partial charge is 0.550 e. The molecule has 0 amide bonds. The Morgan fingerprint density at radius 2 is 1.24 bits per heavy atom. The Morgan fingerprint density at radius 3 is 1.79 bits per heavy atom.